The molecule has 27 heavy (non-hydrogen) atoms. The van der Waals surface area contributed by atoms with Crippen LogP contribution in [0.5, 0.6) is 11.5 Å². The molecule has 7 heteroatoms. The van der Waals surface area contributed by atoms with Gasteiger partial charge in [0.1, 0.15) is 0 Å². The number of urea groups is 1. The molecule has 0 saturated carbocycles. The minimum atomic E-state index is -0.00237. The molecule has 1 aromatic carbocycles. The summed E-state index contributed by atoms with van der Waals surface area (Å²) >= 11 is 0. The number of benzene rings is 1. The van der Waals surface area contributed by atoms with Crippen LogP contribution in [0.15, 0.2) is 36.9 Å². The lowest BCUT2D eigenvalue weighted by Crippen LogP contribution is -2.46. The molecule has 144 valence electrons. The summed E-state index contributed by atoms with van der Waals surface area (Å²) < 4.78 is 13.5. The van der Waals surface area contributed by atoms with Crippen LogP contribution >= 0.6 is 0 Å². The molecular formula is C20H26N4O3. The van der Waals surface area contributed by atoms with Crippen molar-refractivity contribution in [2.24, 2.45) is 5.92 Å². The molecule has 2 amide bonds. The second kappa shape index (κ2) is 8.33. The molecule has 1 atom stereocenters. The highest BCUT2D eigenvalue weighted by atomic mass is 16.5. The predicted molar refractivity (Wildman–Crippen MR) is 101 cm³/mol. The quantitative estimate of drug-likeness (QED) is 0.898. The van der Waals surface area contributed by atoms with Crippen LogP contribution < -0.4 is 14.8 Å². The Morgan fingerprint density at radius 1 is 1.22 bits per heavy atom. The van der Waals surface area contributed by atoms with Gasteiger partial charge in [-0.05, 0) is 36.5 Å². The number of ether oxygens (including phenoxy) is 2. The molecule has 2 aromatic rings. The van der Waals surface area contributed by atoms with Gasteiger partial charge < -0.3 is 24.3 Å². The first-order valence-corrected chi connectivity index (χ1v) is 9.65. The van der Waals surface area contributed by atoms with Gasteiger partial charge in [0, 0.05) is 45.0 Å². The number of nitrogens with one attached hydrogen (secondary N) is 1. The zero-order valence-corrected chi connectivity index (χ0v) is 15.5. The van der Waals surface area contributed by atoms with Gasteiger partial charge in [0.2, 0.25) is 0 Å². The average molecular weight is 370 g/mol. The Bertz CT molecular complexity index is 763. The smallest absolute Gasteiger partial charge is 0.317 e. The van der Waals surface area contributed by atoms with Crippen molar-refractivity contribution >= 4 is 6.03 Å². The van der Waals surface area contributed by atoms with Gasteiger partial charge in [0.05, 0.1) is 19.5 Å². The Hall–Kier alpha value is -2.70. The largest absolute Gasteiger partial charge is 0.490 e. The van der Waals surface area contributed by atoms with Gasteiger partial charge in [-0.25, -0.2) is 9.78 Å². The van der Waals surface area contributed by atoms with Gasteiger partial charge in [0.25, 0.3) is 0 Å². The third-order valence-corrected chi connectivity index (χ3v) is 5.09. The fraction of sp³-hybridized carbons (Fsp3) is 0.500. The standard InChI is InChI=1S/C20H26N4O3/c25-20(24-7-1-3-17(14-24)13-23-8-6-21-15-23)22-12-16-4-5-18-19(11-16)27-10-2-9-26-18/h4-6,8,11,15,17H,1-3,7,9-10,12-14H2,(H,22,25)/t17-/m1/s1. The van der Waals surface area contributed by atoms with Crippen LogP contribution in [0.25, 0.3) is 0 Å². The summed E-state index contributed by atoms with van der Waals surface area (Å²) in [4.78, 5) is 18.6. The van der Waals surface area contributed by atoms with Crippen molar-refractivity contribution in [3.63, 3.8) is 0 Å². The van der Waals surface area contributed by atoms with E-state index in [4.69, 9.17) is 9.47 Å². The maximum Gasteiger partial charge on any atom is 0.317 e. The monoisotopic (exact) mass is 370 g/mol. The number of fused-ring (bicyclic) bond motifs is 1. The van der Waals surface area contributed by atoms with Gasteiger partial charge in [-0.1, -0.05) is 6.07 Å². The number of hydrogen-bond donors (Lipinski definition) is 1. The second-order valence-corrected chi connectivity index (χ2v) is 7.20. The highest BCUT2D eigenvalue weighted by molar-refractivity contribution is 5.74. The molecule has 0 radical (unpaired) electrons. The number of carbonyl (C=O) groups is 1. The Morgan fingerprint density at radius 2 is 2.11 bits per heavy atom. The minimum Gasteiger partial charge on any atom is -0.490 e. The Balaban J connectivity index is 1.30. The van der Waals surface area contributed by atoms with E-state index in [1.54, 1.807) is 6.20 Å². The van der Waals surface area contributed by atoms with Crippen molar-refractivity contribution in [1.29, 1.82) is 0 Å². The molecule has 1 saturated heterocycles. The molecule has 4 rings (SSSR count). The first-order valence-electron chi connectivity index (χ1n) is 9.65. The van der Waals surface area contributed by atoms with Gasteiger partial charge in [-0.2, -0.15) is 0 Å². The minimum absolute atomic E-state index is 0.00237. The van der Waals surface area contributed by atoms with Gasteiger partial charge in [0.15, 0.2) is 11.5 Å². The molecule has 1 fully saturated rings. The molecule has 0 spiro atoms. The van der Waals surface area contributed by atoms with Crippen molar-refractivity contribution in [3.05, 3.63) is 42.5 Å². The van der Waals surface area contributed by atoms with Crippen LogP contribution in [0.3, 0.4) is 0 Å². The van der Waals surface area contributed by atoms with E-state index in [1.807, 2.05) is 35.6 Å². The van der Waals surface area contributed by atoms with Crippen LogP contribution in [0.4, 0.5) is 4.79 Å². The number of likely N-dealkylation sites (tertiary alicyclic amines) is 1. The topological polar surface area (TPSA) is 68.6 Å². The van der Waals surface area contributed by atoms with E-state index < -0.39 is 0 Å². The number of piperidine rings is 1. The summed E-state index contributed by atoms with van der Waals surface area (Å²) in [5.41, 5.74) is 1.01. The number of aromatic nitrogens is 2. The average Bonchev–Trinajstić information content (AvgIpc) is 3.09. The zero-order valence-electron chi connectivity index (χ0n) is 15.5. The summed E-state index contributed by atoms with van der Waals surface area (Å²) in [5.74, 6) is 2.01. The van der Waals surface area contributed by atoms with Gasteiger partial charge >= 0.3 is 6.03 Å². The van der Waals surface area contributed by atoms with E-state index in [1.165, 1.54) is 0 Å². The molecule has 1 aromatic heterocycles. The maximum absolute atomic E-state index is 12.6. The summed E-state index contributed by atoms with van der Waals surface area (Å²) in [6.07, 6.45) is 8.67. The van der Waals surface area contributed by atoms with Crippen LogP contribution in [-0.4, -0.2) is 46.8 Å². The molecule has 0 unspecified atom stereocenters. The Morgan fingerprint density at radius 3 is 2.96 bits per heavy atom. The van der Waals surface area contributed by atoms with Gasteiger partial charge in [-0.3, -0.25) is 0 Å². The Kier molecular flexibility index (Phi) is 5.46. The number of imidazole rings is 1. The highest BCUT2D eigenvalue weighted by Crippen LogP contribution is 2.30. The van der Waals surface area contributed by atoms with Crippen molar-refractivity contribution < 1.29 is 14.3 Å². The van der Waals surface area contributed by atoms with Crippen LogP contribution in [0.1, 0.15) is 24.8 Å². The van der Waals surface area contributed by atoms with Crippen molar-refractivity contribution in [2.75, 3.05) is 26.3 Å². The molecule has 7 nitrogen and oxygen atoms in total. The van der Waals surface area contributed by atoms with E-state index in [0.717, 1.165) is 56.0 Å². The molecule has 3 heterocycles. The third kappa shape index (κ3) is 4.53. The third-order valence-electron chi connectivity index (χ3n) is 5.09. The number of amides is 2. The van der Waals surface area contributed by atoms with Crippen LogP contribution in [-0.2, 0) is 13.1 Å². The van der Waals surface area contributed by atoms with Crippen molar-refractivity contribution in [1.82, 2.24) is 19.8 Å². The van der Waals surface area contributed by atoms with Crippen molar-refractivity contribution in [2.45, 2.75) is 32.4 Å². The van der Waals surface area contributed by atoms with E-state index in [2.05, 4.69) is 14.9 Å². The van der Waals surface area contributed by atoms with E-state index in [9.17, 15) is 4.79 Å². The first-order chi connectivity index (χ1) is 13.3. The van der Waals surface area contributed by atoms with E-state index in [0.29, 0.717) is 25.7 Å². The number of nitrogens with zero attached hydrogens (tertiary/aromatic N) is 3. The molecule has 0 bridgehead atoms. The molecule has 2 aliphatic heterocycles. The molecule has 2 aliphatic rings. The highest BCUT2D eigenvalue weighted by Gasteiger charge is 2.23. The fourth-order valence-electron chi connectivity index (χ4n) is 3.70. The maximum atomic E-state index is 12.6. The summed E-state index contributed by atoms with van der Waals surface area (Å²) in [7, 11) is 0. The first kappa shape index (κ1) is 17.7. The SMILES string of the molecule is O=C(NCc1ccc2c(c1)OCCCO2)N1CCC[C@H](Cn2ccnc2)C1. The lowest BCUT2D eigenvalue weighted by atomic mass is 9.98. The second-order valence-electron chi connectivity index (χ2n) is 7.20. The fourth-order valence-corrected chi connectivity index (χ4v) is 3.70. The van der Waals surface area contributed by atoms with E-state index in [-0.39, 0.29) is 6.03 Å². The molecular weight excluding hydrogens is 344 g/mol. The molecule has 0 aliphatic carbocycles. The zero-order chi connectivity index (χ0) is 18.5. The summed E-state index contributed by atoms with van der Waals surface area (Å²) in [5, 5.41) is 3.04. The number of hydrogen-bond acceptors (Lipinski definition) is 4. The normalized spacial score (nSPS) is 19.4. The lowest BCUT2D eigenvalue weighted by molar-refractivity contribution is 0.159. The van der Waals surface area contributed by atoms with Gasteiger partial charge in [-0.15, -0.1) is 0 Å². The Labute approximate surface area is 159 Å². The predicted octanol–water partition coefficient (Wildman–Crippen LogP) is 2.67. The van der Waals surface area contributed by atoms with E-state index >= 15 is 0 Å². The lowest BCUT2D eigenvalue weighted by Gasteiger charge is -2.33. The summed E-state index contributed by atoms with van der Waals surface area (Å²) in [6, 6.07) is 5.85. The molecule has 1 N–H and O–H groups in total. The summed E-state index contributed by atoms with van der Waals surface area (Å²) in [6.45, 7) is 4.33. The van der Waals surface area contributed by atoms with Crippen molar-refractivity contribution in [3.8, 4) is 11.5 Å². The van der Waals surface area contributed by atoms with Crippen LogP contribution in [0.2, 0.25) is 0 Å². The number of carbonyl (C=O) groups excluding carboxylic acids is 1. The van der Waals surface area contributed by atoms with Crippen LogP contribution in [0, 0.1) is 5.92 Å². The number of rotatable bonds is 4.